The van der Waals surface area contributed by atoms with Crippen molar-refractivity contribution < 1.29 is 48.2 Å². The average Bonchev–Trinajstić information content (AvgIpc) is 2.84. The number of nitrogens with one attached hydrogen (secondary N) is 1. The first-order chi connectivity index (χ1) is 8.63. The number of fused-ring (bicyclic) bond motifs is 1. The molecule has 0 atom stereocenters. The number of nitrogens with zero attached hydrogens (tertiary/aromatic N) is 2. The number of rotatable bonds is 3. The molecule has 0 aliphatic rings. The number of hydrogen-bond acceptors (Lipinski definition) is 4. The number of carbonyl (C=O) groups is 2. The Morgan fingerprint density at radius 1 is 1.23 bits per heavy atom. The van der Waals surface area contributed by atoms with Crippen molar-refractivity contribution >= 4 is 22.9 Å². The minimum Gasteiger partial charge on any atom is -0.643 e. The third kappa shape index (κ3) is 10.7. The molecule has 0 unspecified atom stereocenters. The first-order valence-corrected chi connectivity index (χ1v) is 5.13. The van der Waals surface area contributed by atoms with Crippen molar-refractivity contribution in [3.63, 3.8) is 0 Å². The van der Waals surface area contributed by atoms with Crippen LogP contribution in [0.4, 0.5) is 0 Å². The first-order valence-electron chi connectivity index (χ1n) is 5.13. The van der Waals surface area contributed by atoms with Gasteiger partial charge in [0.15, 0.2) is 0 Å². The second-order valence-electron chi connectivity index (χ2n) is 3.23. The van der Waals surface area contributed by atoms with Crippen molar-refractivity contribution in [2.75, 3.05) is 13.1 Å². The van der Waals surface area contributed by atoms with Crippen LogP contribution in [0.2, 0.25) is 0 Å². The number of aliphatic carboxylic acids is 1. The van der Waals surface area contributed by atoms with E-state index >= 15 is 0 Å². The Kier molecular flexibility index (Phi) is 19.7. The van der Waals surface area contributed by atoms with Gasteiger partial charge in [-0.05, 0) is 18.7 Å². The molecule has 11 heteroatoms. The predicted octanol–water partition coefficient (Wildman–Crippen LogP) is -1.98. The van der Waals surface area contributed by atoms with Crippen LogP contribution >= 0.6 is 0 Å². The summed E-state index contributed by atoms with van der Waals surface area (Å²) in [6, 6.07) is 7.94. The van der Waals surface area contributed by atoms with E-state index in [9.17, 15) is 9.59 Å². The summed E-state index contributed by atoms with van der Waals surface area (Å²) in [7, 11) is 0. The molecule has 0 radical (unpaired) electrons. The van der Waals surface area contributed by atoms with Gasteiger partial charge in [0, 0.05) is 6.54 Å². The molecular weight excluding hydrogens is 348 g/mol. The summed E-state index contributed by atoms with van der Waals surface area (Å²) in [4.78, 5) is 27.0. The minimum absolute atomic E-state index is 0. The normalized spacial score (nSPS) is 7.68. The summed E-state index contributed by atoms with van der Waals surface area (Å²) in [6.07, 6.45) is 1.70. The van der Waals surface area contributed by atoms with Crippen LogP contribution in [0.3, 0.4) is 0 Å². The van der Waals surface area contributed by atoms with Crippen LogP contribution in [0.25, 0.3) is 16.4 Å². The predicted molar refractivity (Wildman–Crippen MR) is 76.9 cm³/mol. The molecule has 2 rings (SSSR count). The van der Waals surface area contributed by atoms with Crippen molar-refractivity contribution in [3.8, 4) is 0 Å². The maximum absolute atomic E-state index is 10.2. The van der Waals surface area contributed by atoms with E-state index in [2.05, 4.69) is 15.3 Å². The summed E-state index contributed by atoms with van der Waals surface area (Å²) in [5.74, 6) is -1.71. The number of nitrogens with two attached hydrogens (primary N) is 1. The number of carboxylic acids is 1. The third-order valence-corrected chi connectivity index (χ3v) is 1.89. The van der Waals surface area contributed by atoms with Crippen LogP contribution in [0.15, 0.2) is 30.6 Å². The fourth-order valence-electron chi connectivity index (χ4n) is 1.10. The van der Waals surface area contributed by atoms with E-state index in [-0.39, 0.29) is 40.0 Å². The Labute approximate surface area is 136 Å². The van der Waals surface area contributed by atoms with E-state index < -0.39 is 18.4 Å². The maximum Gasteiger partial charge on any atom is 1.00 e. The van der Waals surface area contributed by atoms with Gasteiger partial charge in [0.2, 0.25) is 0 Å². The molecule has 0 saturated heterocycles. The zero-order valence-corrected chi connectivity index (χ0v) is 12.3. The van der Waals surface area contributed by atoms with Crippen LogP contribution in [0.1, 0.15) is 0 Å². The van der Waals surface area contributed by atoms with E-state index in [0.717, 1.165) is 11.0 Å². The van der Waals surface area contributed by atoms with Crippen LogP contribution < -0.4 is 5.73 Å². The van der Waals surface area contributed by atoms with E-state index in [1.807, 2.05) is 24.3 Å². The molecule has 10 nitrogen and oxygen atoms in total. The number of amides is 1. The van der Waals surface area contributed by atoms with E-state index in [1.54, 1.807) is 6.33 Å². The van der Waals surface area contributed by atoms with Crippen molar-refractivity contribution in [2.45, 2.75) is 0 Å². The Morgan fingerprint density at radius 3 is 2.32 bits per heavy atom. The summed E-state index contributed by atoms with van der Waals surface area (Å²) in [5, 5.41) is 11.0. The largest absolute Gasteiger partial charge is 1.00 e. The zero-order valence-electron chi connectivity index (χ0n) is 11.3. The molecule has 0 aliphatic carbocycles. The number of imidazole rings is 1. The molecule has 0 fully saturated rings. The Hall–Kier alpha value is -2.01. The van der Waals surface area contributed by atoms with Crippen LogP contribution in [-0.4, -0.2) is 56.5 Å². The Morgan fingerprint density at radius 2 is 1.82 bits per heavy atom. The molecule has 1 amide bonds. The molecule has 1 aromatic carbocycles. The number of benzene rings is 1. The Bertz CT molecular complexity index is 506. The second-order valence-corrected chi connectivity index (χ2v) is 3.23. The van der Waals surface area contributed by atoms with Gasteiger partial charge >= 0.3 is 17.1 Å². The van der Waals surface area contributed by atoms with Gasteiger partial charge in [-0.3, -0.25) is 4.79 Å². The number of carbonyl (C=O) groups excluding carboxylic acids is 1. The number of hydrogen-bond donors (Lipinski definition) is 3. The van der Waals surface area contributed by atoms with Crippen molar-refractivity contribution in [1.82, 2.24) is 9.97 Å². The number of H-pyrrole nitrogens is 1. The molecule has 1 heterocycles. The summed E-state index contributed by atoms with van der Waals surface area (Å²) in [6.45, 7) is -0.719. The molecule has 0 aliphatic heterocycles. The fraction of sp³-hybridized carbons (Fsp3) is 0.182. The summed E-state index contributed by atoms with van der Waals surface area (Å²) in [5.41, 5.74) is 6.94. The van der Waals surface area contributed by atoms with Crippen LogP contribution in [0.5, 0.6) is 0 Å². The van der Waals surface area contributed by atoms with Crippen molar-refractivity contribution in [2.24, 2.45) is 5.73 Å². The summed E-state index contributed by atoms with van der Waals surface area (Å²) < 4.78 is 0. The second kappa shape index (κ2) is 15.4. The summed E-state index contributed by atoms with van der Waals surface area (Å²) >= 11 is 0. The van der Waals surface area contributed by atoms with E-state index in [4.69, 9.17) is 10.8 Å². The molecule has 130 valence electrons. The number of aromatic nitrogens is 2. The fourth-order valence-corrected chi connectivity index (χ4v) is 1.10. The molecule has 0 bridgehead atoms. The van der Waals surface area contributed by atoms with E-state index in [0.29, 0.717) is 0 Å². The zero-order chi connectivity index (χ0) is 13.4. The monoisotopic (exact) mass is 366 g/mol. The van der Waals surface area contributed by atoms with Gasteiger partial charge in [0.25, 0.3) is 5.97 Å². The van der Waals surface area contributed by atoms with E-state index in [1.165, 1.54) is 0 Å². The third-order valence-electron chi connectivity index (χ3n) is 1.89. The first kappa shape index (κ1) is 28.2. The molecular formula is C11H19CuN4O6. The van der Waals surface area contributed by atoms with Gasteiger partial charge in [-0.15, -0.1) is 0 Å². The van der Waals surface area contributed by atoms with Gasteiger partial charge in [-0.2, -0.15) is 0 Å². The van der Waals surface area contributed by atoms with Crippen LogP contribution in [-0.2, 0) is 26.7 Å². The van der Waals surface area contributed by atoms with Gasteiger partial charge in [0.1, 0.15) is 0 Å². The van der Waals surface area contributed by atoms with Crippen molar-refractivity contribution in [1.29, 1.82) is 0 Å². The Balaban J connectivity index is -0.000000125. The molecule has 22 heavy (non-hydrogen) atoms. The van der Waals surface area contributed by atoms with Crippen LogP contribution in [0, 0.1) is 0 Å². The molecule has 0 spiro atoms. The number of carboxylic acid groups (broad SMARTS) is 1. The van der Waals surface area contributed by atoms with Gasteiger partial charge < -0.3 is 42.4 Å². The van der Waals surface area contributed by atoms with Crippen molar-refractivity contribution in [3.05, 3.63) is 35.9 Å². The van der Waals surface area contributed by atoms with Gasteiger partial charge in [0.05, 0.1) is 23.3 Å². The topological polar surface area (TPSA) is 218 Å². The van der Waals surface area contributed by atoms with Gasteiger partial charge in [-0.25, -0.2) is 4.98 Å². The van der Waals surface area contributed by atoms with Gasteiger partial charge in [-0.1, -0.05) is 12.1 Å². The SMILES string of the molecule is NCC(=O)[N-]CC(=O)O.O.O.O.[Cu+].c1ccc2[nH]cnc2c1. The molecule has 2 aromatic rings. The number of para-hydroxylation sites is 2. The average molecular weight is 367 g/mol. The smallest absolute Gasteiger partial charge is 0.643 e. The minimum atomic E-state index is -1.13. The standard InChI is InChI=1S/C7H6N2.C4H8N2O3.Cu.3H2O/c1-2-4-7-6(3-1)8-5-9-7;5-1-3(7)6-2-4(8)9;;;;/h1-5H,(H,8,9);1-2,5H2,(H2,6,7,8,9);;3*1H2/q;;+1;;;/p-1. The molecule has 10 N–H and O–H groups in total. The number of aromatic amines is 1. The molecule has 0 saturated carbocycles. The quantitative estimate of drug-likeness (QED) is 0.524. The maximum atomic E-state index is 10.2. The molecule has 1 aromatic heterocycles.